The molecule has 0 rings (SSSR count). The summed E-state index contributed by atoms with van der Waals surface area (Å²) in [6.45, 7) is 1.56. The lowest BCUT2D eigenvalue weighted by molar-refractivity contribution is -0.161. The molecule has 0 aliphatic carbocycles. The van der Waals surface area contributed by atoms with Crippen molar-refractivity contribution in [3.8, 4) is 0 Å². The SMILES string of the molecule is CC/C=C\C/C=C\C/C=C\C/C=C\C/C=C\CCCCCC(=O)O[C@H](COC(=O)CCCCCCC/C=C\C/C=C\CCCCC)COP(=O)(O)OC[C@@H](O)COP(=O)(O)O. The highest BCUT2D eigenvalue weighted by Gasteiger charge is 2.28. The Morgan fingerprint density at radius 1 is 0.492 bits per heavy atom. The summed E-state index contributed by atoms with van der Waals surface area (Å²) in [6, 6.07) is 0. The van der Waals surface area contributed by atoms with E-state index in [0.29, 0.717) is 12.8 Å². The third-order valence-corrected chi connectivity index (χ3v) is 10.2. The minimum atomic E-state index is -4.87. The summed E-state index contributed by atoms with van der Waals surface area (Å²) in [4.78, 5) is 52.7. The maximum atomic E-state index is 12.7. The summed E-state index contributed by atoms with van der Waals surface area (Å²) in [7, 11) is -9.70. The van der Waals surface area contributed by atoms with Gasteiger partial charge in [-0.3, -0.25) is 23.2 Å². The number of carbonyl (C=O) groups is 2. The van der Waals surface area contributed by atoms with Crippen molar-refractivity contribution in [2.24, 2.45) is 0 Å². The van der Waals surface area contributed by atoms with Crippen LogP contribution in [0.4, 0.5) is 0 Å². The van der Waals surface area contributed by atoms with E-state index in [1.807, 2.05) is 0 Å². The number of aliphatic hydroxyl groups excluding tert-OH is 1. The van der Waals surface area contributed by atoms with Gasteiger partial charge in [-0.05, 0) is 89.9 Å². The van der Waals surface area contributed by atoms with Gasteiger partial charge in [0.05, 0.1) is 19.8 Å². The van der Waals surface area contributed by atoms with Gasteiger partial charge >= 0.3 is 27.6 Å². The van der Waals surface area contributed by atoms with Gasteiger partial charge in [-0.15, -0.1) is 0 Å². The molecule has 0 aromatic heterocycles. The van der Waals surface area contributed by atoms with Gasteiger partial charge in [0.2, 0.25) is 0 Å². The Morgan fingerprint density at radius 2 is 0.902 bits per heavy atom. The van der Waals surface area contributed by atoms with E-state index in [1.54, 1.807) is 0 Å². The Hall–Kier alpha value is -2.70. The molecule has 0 radical (unpaired) electrons. The predicted octanol–water partition coefficient (Wildman–Crippen LogP) is 11.6. The second kappa shape index (κ2) is 41.3. The number of esters is 2. The van der Waals surface area contributed by atoms with Crippen molar-refractivity contribution in [3.05, 3.63) is 85.1 Å². The first-order chi connectivity index (χ1) is 29.4. The number of rotatable bonds is 41. The van der Waals surface area contributed by atoms with Gasteiger partial charge in [0.15, 0.2) is 6.10 Å². The second-order valence-corrected chi connectivity index (χ2v) is 17.3. The van der Waals surface area contributed by atoms with Gasteiger partial charge in [0, 0.05) is 12.8 Å². The van der Waals surface area contributed by atoms with E-state index in [9.17, 15) is 28.7 Å². The molecule has 0 bridgehead atoms. The zero-order valence-corrected chi connectivity index (χ0v) is 38.8. The summed E-state index contributed by atoms with van der Waals surface area (Å²) in [6.07, 6.45) is 47.1. The Morgan fingerprint density at radius 3 is 1.41 bits per heavy atom. The fraction of sp³-hybridized carbons (Fsp3) is 0.652. The standard InChI is InChI=1S/C46H78O13P2/c1-3-5-7-9-11-13-15-17-19-20-21-22-24-26-28-30-32-34-36-38-46(49)59-44(42-58-61(53,54)57-40-43(47)39-56-60(50,51)52)41-55-45(48)37-35-33-31-29-27-25-23-18-16-14-12-10-8-6-4-2/h5,7,11-14,17-19,21-23,26,28,43-44,47H,3-4,6,8-10,15-16,20,24-25,27,29-42H2,1-2H3,(H,53,54)(H2,50,51,52)/b7-5-,13-11-,14-12-,19-17-,22-21-,23-18-,28-26-/t43-,44+/m0/s1. The third-order valence-electron chi connectivity index (χ3n) is 8.76. The van der Waals surface area contributed by atoms with Crippen LogP contribution in [0, 0.1) is 0 Å². The maximum Gasteiger partial charge on any atom is 0.472 e. The van der Waals surface area contributed by atoms with Crippen molar-refractivity contribution in [3.63, 3.8) is 0 Å². The molecule has 350 valence electrons. The molecule has 0 spiro atoms. The zero-order valence-electron chi connectivity index (χ0n) is 37.0. The van der Waals surface area contributed by atoms with Crippen LogP contribution >= 0.6 is 15.6 Å². The summed E-state index contributed by atoms with van der Waals surface area (Å²) in [5, 5.41) is 9.75. The van der Waals surface area contributed by atoms with Crippen LogP contribution in [0.5, 0.6) is 0 Å². The Kier molecular flexibility index (Phi) is 39.5. The number of carbonyl (C=O) groups excluding carboxylic acids is 2. The van der Waals surface area contributed by atoms with Crippen molar-refractivity contribution < 1.29 is 61.6 Å². The molecular formula is C46H78O13P2. The molecular weight excluding hydrogens is 822 g/mol. The Bertz CT molecular complexity index is 1400. The van der Waals surface area contributed by atoms with E-state index in [2.05, 4.69) is 108 Å². The van der Waals surface area contributed by atoms with Crippen molar-refractivity contribution in [2.75, 3.05) is 26.4 Å². The van der Waals surface area contributed by atoms with E-state index in [4.69, 9.17) is 23.8 Å². The predicted molar refractivity (Wildman–Crippen MR) is 243 cm³/mol. The number of ether oxygens (including phenoxy) is 2. The van der Waals surface area contributed by atoms with E-state index < -0.39 is 66.2 Å². The lowest BCUT2D eigenvalue weighted by Crippen LogP contribution is -2.30. The summed E-state index contributed by atoms with van der Waals surface area (Å²) < 4.78 is 47.8. The largest absolute Gasteiger partial charge is 0.472 e. The first kappa shape index (κ1) is 58.3. The lowest BCUT2D eigenvalue weighted by atomic mass is 10.1. The second-order valence-electron chi connectivity index (χ2n) is 14.6. The number of phosphoric acid groups is 2. The van der Waals surface area contributed by atoms with E-state index >= 15 is 0 Å². The number of phosphoric ester groups is 2. The van der Waals surface area contributed by atoms with Crippen molar-refractivity contribution in [1.82, 2.24) is 0 Å². The van der Waals surface area contributed by atoms with Crippen LogP contribution in [-0.4, -0.2) is 70.4 Å². The molecule has 0 heterocycles. The molecule has 0 aliphatic heterocycles. The van der Waals surface area contributed by atoms with Crippen LogP contribution in [0.15, 0.2) is 85.1 Å². The highest BCUT2D eigenvalue weighted by molar-refractivity contribution is 7.47. The fourth-order valence-corrected chi connectivity index (χ4v) is 6.56. The third kappa shape index (κ3) is 45.1. The molecule has 0 aromatic carbocycles. The molecule has 0 aliphatic rings. The number of allylic oxidation sites excluding steroid dienone is 14. The number of unbranched alkanes of at least 4 members (excludes halogenated alkanes) is 11. The molecule has 15 heteroatoms. The minimum absolute atomic E-state index is 0.0845. The molecule has 0 saturated heterocycles. The quantitative estimate of drug-likeness (QED) is 0.0196. The molecule has 4 N–H and O–H groups in total. The zero-order chi connectivity index (χ0) is 45.1. The van der Waals surface area contributed by atoms with Gasteiger partial charge in [0.1, 0.15) is 12.7 Å². The molecule has 61 heavy (non-hydrogen) atoms. The first-order valence-corrected chi connectivity index (χ1v) is 25.3. The average molecular weight is 901 g/mol. The molecule has 0 aromatic rings. The topological polar surface area (TPSA) is 195 Å². The van der Waals surface area contributed by atoms with Gasteiger partial charge in [0.25, 0.3) is 0 Å². The van der Waals surface area contributed by atoms with Crippen LogP contribution in [-0.2, 0) is 41.8 Å². The summed E-state index contributed by atoms with van der Waals surface area (Å²) in [5.41, 5.74) is 0. The smallest absolute Gasteiger partial charge is 0.462 e. The first-order valence-electron chi connectivity index (χ1n) is 22.3. The number of hydrogen-bond donors (Lipinski definition) is 4. The van der Waals surface area contributed by atoms with Crippen molar-refractivity contribution in [2.45, 2.75) is 167 Å². The molecule has 3 atom stereocenters. The van der Waals surface area contributed by atoms with Gasteiger partial charge in [-0.25, -0.2) is 9.13 Å². The monoisotopic (exact) mass is 900 g/mol. The van der Waals surface area contributed by atoms with Crippen LogP contribution in [0.25, 0.3) is 0 Å². The van der Waals surface area contributed by atoms with Crippen LogP contribution in [0.1, 0.15) is 155 Å². The van der Waals surface area contributed by atoms with Crippen LogP contribution in [0.3, 0.4) is 0 Å². The molecule has 0 amide bonds. The Balaban J connectivity index is 4.61. The molecule has 1 unspecified atom stereocenters. The van der Waals surface area contributed by atoms with Crippen molar-refractivity contribution >= 4 is 27.6 Å². The summed E-state index contributed by atoms with van der Waals surface area (Å²) >= 11 is 0. The van der Waals surface area contributed by atoms with E-state index in [0.717, 1.165) is 96.3 Å². The lowest BCUT2D eigenvalue weighted by Gasteiger charge is -2.20. The number of aliphatic hydroxyl groups is 1. The van der Waals surface area contributed by atoms with Crippen molar-refractivity contribution in [1.29, 1.82) is 0 Å². The van der Waals surface area contributed by atoms with Crippen LogP contribution in [0.2, 0.25) is 0 Å². The van der Waals surface area contributed by atoms with Gasteiger partial charge in [-0.2, -0.15) is 0 Å². The minimum Gasteiger partial charge on any atom is -0.462 e. The van der Waals surface area contributed by atoms with E-state index in [1.165, 1.54) is 19.3 Å². The highest BCUT2D eigenvalue weighted by Crippen LogP contribution is 2.43. The Labute approximate surface area is 367 Å². The molecule has 0 saturated carbocycles. The van der Waals surface area contributed by atoms with Gasteiger partial charge < -0.3 is 29.3 Å². The molecule has 13 nitrogen and oxygen atoms in total. The molecule has 0 fully saturated rings. The summed E-state index contributed by atoms with van der Waals surface area (Å²) in [5.74, 6) is -1.09. The van der Waals surface area contributed by atoms with Gasteiger partial charge in [-0.1, -0.05) is 137 Å². The van der Waals surface area contributed by atoms with Crippen LogP contribution < -0.4 is 0 Å². The van der Waals surface area contributed by atoms with E-state index in [-0.39, 0.29) is 12.8 Å². The highest BCUT2D eigenvalue weighted by atomic mass is 31.2. The average Bonchev–Trinajstić information content (AvgIpc) is 3.22. The number of hydrogen-bond acceptors (Lipinski definition) is 10. The normalized spacial score (nSPS) is 14.8. The maximum absolute atomic E-state index is 12.7. The fourth-order valence-electron chi connectivity index (χ4n) is 5.40.